The molecule has 2 heterocycles. The van der Waals surface area contributed by atoms with E-state index in [1.807, 2.05) is 6.92 Å². The topological polar surface area (TPSA) is 66.5 Å². The highest BCUT2D eigenvalue weighted by molar-refractivity contribution is 5.61. The highest BCUT2D eigenvalue weighted by Gasteiger charge is 2.16. The van der Waals surface area contributed by atoms with Crippen molar-refractivity contribution in [3.8, 4) is 16.9 Å². The number of hydrogen-bond donors (Lipinski definition) is 2. The van der Waals surface area contributed by atoms with Crippen LogP contribution in [0, 0.1) is 19.7 Å². The van der Waals surface area contributed by atoms with Gasteiger partial charge < -0.3 is 0 Å². The van der Waals surface area contributed by atoms with Crippen molar-refractivity contribution in [3.63, 3.8) is 0 Å². The molecule has 3 rings (SSSR count). The first-order valence-electron chi connectivity index (χ1n) is 6.16. The van der Waals surface area contributed by atoms with Gasteiger partial charge in [0.2, 0.25) is 0 Å². The Kier molecular flexibility index (Phi) is 2.78. The maximum atomic E-state index is 13.3. The van der Waals surface area contributed by atoms with Gasteiger partial charge in [0.05, 0.1) is 16.9 Å². The van der Waals surface area contributed by atoms with E-state index in [1.165, 1.54) is 16.8 Å². The summed E-state index contributed by atoms with van der Waals surface area (Å²) in [5, 5.41) is 9.86. The quantitative estimate of drug-likeness (QED) is 0.751. The van der Waals surface area contributed by atoms with Gasteiger partial charge >= 0.3 is 0 Å². The summed E-state index contributed by atoms with van der Waals surface area (Å²) in [6, 6.07) is 7.67. The molecule has 0 aliphatic heterocycles. The fraction of sp³-hybridized carbons (Fsp3) is 0.143. The summed E-state index contributed by atoms with van der Waals surface area (Å²) in [7, 11) is 0. The highest BCUT2D eigenvalue weighted by atomic mass is 19.1. The van der Waals surface area contributed by atoms with Gasteiger partial charge in [0.1, 0.15) is 5.82 Å². The van der Waals surface area contributed by atoms with Crippen LogP contribution in [0.2, 0.25) is 0 Å². The molecule has 0 saturated heterocycles. The van der Waals surface area contributed by atoms with Crippen LogP contribution in [0.15, 0.2) is 35.1 Å². The summed E-state index contributed by atoms with van der Waals surface area (Å²) in [5.41, 5.74) is 2.83. The summed E-state index contributed by atoms with van der Waals surface area (Å²) < 4.78 is 14.6. The predicted octanol–water partition coefficient (Wildman–Crippen LogP) is 2.31. The monoisotopic (exact) mass is 272 g/mol. The van der Waals surface area contributed by atoms with Gasteiger partial charge in [-0.25, -0.2) is 9.07 Å². The van der Waals surface area contributed by atoms with Gasteiger partial charge in [0, 0.05) is 11.4 Å². The molecular formula is C14H13FN4O. The normalized spacial score (nSPS) is 10.9. The first-order valence-corrected chi connectivity index (χ1v) is 6.16. The molecule has 0 aliphatic carbocycles. The van der Waals surface area contributed by atoms with Crippen molar-refractivity contribution in [2.75, 3.05) is 0 Å². The number of H-pyrrole nitrogens is 2. The Balaban J connectivity index is 2.19. The van der Waals surface area contributed by atoms with Crippen molar-refractivity contribution in [3.05, 3.63) is 57.9 Å². The first kappa shape index (κ1) is 12.4. The van der Waals surface area contributed by atoms with E-state index < -0.39 is 0 Å². The van der Waals surface area contributed by atoms with Gasteiger partial charge in [0.25, 0.3) is 5.56 Å². The second kappa shape index (κ2) is 4.48. The van der Waals surface area contributed by atoms with E-state index in [9.17, 15) is 9.18 Å². The van der Waals surface area contributed by atoms with Crippen LogP contribution >= 0.6 is 0 Å². The standard InChI is InChI=1S/C14H13FN4O/c1-8-6-12(17-16-8)13-9(2)18-19(14(13)20)11-5-3-4-10(15)7-11/h3-7,18H,1-2H3,(H,16,17). The number of nitrogens with zero attached hydrogens (tertiary/aromatic N) is 2. The Hall–Kier alpha value is -2.63. The molecule has 5 nitrogen and oxygen atoms in total. The summed E-state index contributed by atoms with van der Waals surface area (Å²) in [6.07, 6.45) is 0. The summed E-state index contributed by atoms with van der Waals surface area (Å²) in [6.45, 7) is 3.65. The van der Waals surface area contributed by atoms with Crippen LogP contribution in [0.1, 0.15) is 11.4 Å². The molecule has 6 heteroatoms. The molecule has 2 N–H and O–H groups in total. The fourth-order valence-electron chi connectivity index (χ4n) is 2.19. The van der Waals surface area contributed by atoms with E-state index >= 15 is 0 Å². The zero-order valence-electron chi connectivity index (χ0n) is 11.1. The van der Waals surface area contributed by atoms with Crippen molar-refractivity contribution < 1.29 is 4.39 Å². The first-order chi connectivity index (χ1) is 9.56. The van der Waals surface area contributed by atoms with Crippen LogP contribution < -0.4 is 5.56 Å². The average molecular weight is 272 g/mol. The number of benzene rings is 1. The van der Waals surface area contributed by atoms with Crippen LogP contribution in [-0.4, -0.2) is 20.0 Å². The van der Waals surface area contributed by atoms with E-state index in [0.29, 0.717) is 22.6 Å². The number of aromatic nitrogens is 4. The van der Waals surface area contributed by atoms with E-state index in [4.69, 9.17) is 0 Å². The van der Waals surface area contributed by atoms with Gasteiger partial charge in [-0.3, -0.25) is 15.0 Å². The fourth-order valence-corrected chi connectivity index (χ4v) is 2.19. The Morgan fingerprint density at radius 2 is 2.05 bits per heavy atom. The van der Waals surface area contributed by atoms with Crippen molar-refractivity contribution in [2.45, 2.75) is 13.8 Å². The zero-order chi connectivity index (χ0) is 14.3. The van der Waals surface area contributed by atoms with Gasteiger partial charge in [0.15, 0.2) is 0 Å². The second-order valence-corrected chi connectivity index (χ2v) is 4.67. The van der Waals surface area contributed by atoms with Gasteiger partial charge in [-0.05, 0) is 38.1 Å². The Labute approximate surface area is 114 Å². The van der Waals surface area contributed by atoms with Crippen molar-refractivity contribution >= 4 is 0 Å². The highest BCUT2D eigenvalue weighted by Crippen LogP contribution is 2.18. The molecule has 102 valence electrons. The van der Waals surface area contributed by atoms with E-state index in [1.54, 1.807) is 25.1 Å². The van der Waals surface area contributed by atoms with Crippen LogP contribution in [0.4, 0.5) is 4.39 Å². The summed E-state index contributed by atoms with van der Waals surface area (Å²) in [5.74, 6) is -0.390. The lowest BCUT2D eigenvalue weighted by molar-refractivity contribution is 0.625. The average Bonchev–Trinajstić information content (AvgIpc) is 2.93. The van der Waals surface area contributed by atoms with Crippen LogP contribution in [0.3, 0.4) is 0 Å². The van der Waals surface area contributed by atoms with Crippen LogP contribution in [-0.2, 0) is 0 Å². The lowest BCUT2D eigenvalue weighted by Crippen LogP contribution is -2.15. The van der Waals surface area contributed by atoms with Crippen molar-refractivity contribution in [1.82, 2.24) is 20.0 Å². The van der Waals surface area contributed by atoms with Gasteiger partial charge in [-0.1, -0.05) is 6.07 Å². The van der Waals surface area contributed by atoms with E-state index in [-0.39, 0.29) is 11.4 Å². The third kappa shape index (κ3) is 1.95. The third-order valence-electron chi connectivity index (χ3n) is 3.10. The van der Waals surface area contributed by atoms with Crippen LogP contribution in [0.25, 0.3) is 16.9 Å². The minimum absolute atomic E-state index is 0.250. The predicted molar refractivity (Wildman–Crippen MR) is 73.4 cm³/mol. The molecule has 0 spiro atoms. The number of hydrogen-bond acceptors (Lipinski definition) is 2. The molecule has 2 aromatic heterocycles. The lowest BCUT2D eigenvalue weighted by Gasteiger charge is -2.00. The molecule has 0 saturated carbocycles. The molecule has 3 aromatic rings. The molecule has 0 unspecified atom stereocenters. The van der Waals surface area contributed by atoms with Crippen molar-refractivity contribution in [2.24, 2.45) is 0 Å². The largest absolute Gasteiger partial charge is 0.295 e. The molecule has 0 amide bonds. The molecule has 0 aliphatic rings. The Morgan fingerprint density at radius 1 is 1.25 bits per heavy atom. The van der Waals surface area contributed by atoms with Gasteiger partial charge in [-0.2, -0.15) is 5.10 Å². The minimum Gasteiger partial charge on any atom is -0.295 e. The zero-order valence-corrected chi connectivity index (χ0v) is 11.1. The summed E-state index contributed by atoms with van der Waals surface area (Å²) >= 11 is 0. The second-order valence-electron chi connectivity index (χ2n) is 4.67. The third-order valence-corrected chi connectivity index (χ3v) is 3.10. The van der Waals surface area contributed by atoms with Crippen molar-refractivity contribution in [1.29, 1.82) is 0 Å². The molecule has 0 fully saturated rings. The Morgan fingerprint density at radius 3 is 2.70 bits per heavy atom. The molecule has 20 heavy (non-hydrogen) atoms. The van der Waals surface area contributed by atoms with Crippen LogP contribution in [0.5, 0.6) is 0 Å². The van der Waals surface area contributed by atoms with Gasteiger partial charge in [-0.15, -0.1) is 0 Å². The molecule has 0 atom stereocenters. The number of halogens is 1. The molecule has 1 aromatic carbocycles. The number of nitrogens with one attached hydrogen (secondary N) is 2. The molecular weight excluding hydrogens is 259 g/mol. The Bertz CT molecular complexity index is 828. The number of rotatable bonds is 2. The molecule has 0 bridgehead atoms. The number of aryl methyl sites for hydroxylation is 2. The maximum Gasteiger partial charge on any atom is 0.281 e. The molecule has 0 radical (unpaired) electrons. The lowest BCUT2D eigenvalue weighted by atomic mass is 10.2. The number of aromatic amines is 2. The summed E-state index contributed by atoms with van der Waals surface area (Å²) in [4.78, 5) is 12.5. The van der Waals surface area contributed by atoms with E-state index in [2.05, 4.69) is 15.3 Å². The SMILES string of the molecule is Cc1cc(-c2c(C)[nH]n(-c3cccc(F)c3)c2=O)n[nH]1. The smallest absolute Gasteiger partial charge is 0.281 e. The minimum atomic E-state index is -0.390. The maximum absolute atomic E-state index is 13.3. The van der Waals surface area contributed by atoms with E-state index in [0.717, 1.165) is 5.69 Å².